The smallest absolute Gasteiger partial charge is 0.338 e. The molecule has 1 aromatic rings. The minimum Gasteiger partial charge on any atom is -0.496 e. The van der Waals surface area contributed by atoms with Gasteiger partial charge in [-0.1, -0.05) is 0 Å². The highest BCUT2D eigenvalue weighted by Gasteiger charge is 2.30. The van der Waals surface area contributed by atoms with Crippen LogP contribution in [0.5, 0.6) is 5.75 Å². The summed E-state index contributed by atoms with van der Waals surface area (Å²) in [5, 5.41) is 2.61. The molecule has 1 fully saturated rings. The Labute approximate surface area is 159 Å². The van der Waals surface area contributed by atoms with Crippen LogP contribution in [0.1, 0.15) is 36.2 Å². The highest BCUT2D eigenvalue weighted by molar-refractivity contribution is 7.91. The van der Waals surface area contributed by atoms with Crippen LogP contribution in [0.25, 0.3) is 0 Å². The molecule has 150 valence electrons. The molecule has 1 aromatic carbocycles. The molecule has 0 spiro atoms. The fourth-order valence-corrected chi connectivity index (χ4v) is 4.41. The van der Waals surface area contributed by atoms with Crippen LogP contribution in [0.4, 0.5) is 0 Å². The Morgan fingerprint density at radius 3 is 2.67 bits per heavy atom. The Balaban J connectivity index is 1.98. The number of hydrogen-bond donors (Lipinski definition) is 1. The molecule has 0 saturated carbocycles. The van der Waals surface area contributed by atoms with E-state index in [0.717, 1.165) is 0 Å². The molecule has 1 N–H and O–H groups in total. The van der Waals surface area contributed by atoms with Gasteiger partial charge in [0, 0.05) is 18.2 Å². The Kier molecular flexibility index (Phi) is 7.20. The van der Waals surface area contributed by atoms with E-state index in [4.69, 9.17) is 14.2 Å². The molecule has 0 unspecified atom stereocenters. The lowest BCUT2D eigenvalue weighted by Gasteiger charge is -2.17. The van der Waals surface area contributed by atoms with E-state index in [0.29, 0.717) is 24.3 Å². The molecule has 1 saturated heterocycles. The van der Waals surface area contributed by atoms with Crippen LogP contribution >= 0.6 is 0 Å². The van der Waals surface area contributed by atoms with E-state index >= 15 is 0 Å². The topological polar surface area (TPSA) is 108 Å². The number of rotatable bonds is 8. The first-order chi connectivity index (χ1) is 12.8. The van der Waals surface area contributed by atoms with E-state index < -0.39 is 33.9 Å². The number of carbonyl (C=O) groups is 2. The van der Waals surface area contributed by atoms with Crippen molar-refractivity contribution in [3.8, 4) is 5.75 Å². The zero-order chi connectivity index (χ0) is 20.0. The average Bonchev–Trinajstić information content (AvgIpc) is 2.97. The summed E-state index contributed by atoms with van der Waals surface area (Å²) in [6.07, 6.45) is -0.674. The molecular weight excluding hydrogens is 374 g/mol. The highest BCUT2D eigenvalue weighted by Crippen LogP contribution is 2.21. The molecule has 1 aliphatic heterocycles. The lowest BCUT2D eigenvalue weighted by atomic mass is 10.1. The number of hydrogen-bond acceptors (Lipinski definition) is 7. The lowest BCUT2D eigenvalue weighted by Crippen LogP contribution is -2.42. The number of amides is 1. The van der Waals surface area contributed by atoms with Crippen molar-refractivity contribution in [3.63, 3.8) is 0 Å². The van der Waals surface area contributed by atoms with Gasteiger partial charge in [-0.3, -0.25) is 4.79 Å². The molecule has 8 nitrogen and oxygen atoms in total. The maximum absolute atomic E-state index is 12.3. The third-order valence-corrected chi connectivity index (χ3v) is 5.98. The fourth-order valence-electron chi connectivity index (χ4n) is 2.74. The predicted molar refractivity (Wildman–Crippen MR) is 98.4 cm³/mol. The molecule has 1 heterocycles. The summed E-state index contributed by atoms with van der Waals surface area (Å²) in [4.78, 5) is 24.5. The predicted octanol–water partition coefficient (Wildman–Crippen LogP) is 1.08. The number of benzene rings is 1. The normalized spacial score (nSPS) is 19.3. The van der Waals surface area contributed by atoms with Gasteiger partial charge in [0.1, 0.15) is 5.75 Å². The SMILES string of the molecule is CCOCc1cc(C(=O)O[C@H](C)C(=O)N[C@H]2CCS(=O)(=O)C2)ccc1OC. The minimum absolute atomic E-state index is 0.0561. The second-order valence-electron chi connectivity index (χ2n) is 6.32. The van der Waals surface area contributed by atoms with Crippen molar-refractivity contribution >= 4 is 21.7 Å². The van der Waals surface area contributed by atoms with Crippen LogP contribution in [0.15, 0.2) is 18.2 Å². The summed E-state index contributed by atoms with van der Waals surface area (Å²) in [5.74, 6) is -0.613. The third kappa shape index (κ3) is 5.93. The fraction of sp³-hybridized carbons (Fsp3) is 0.556. The number of ether oxygens (including phenoxy) is 3. The average molecular weight is 399 g/mol. The Hall–Kier alpha value is -2.13. The molecule has 0 aromatic heterocycles. The van der Waals surface area contributed by atoms with Gasteiger partial charge in [0.25, 0.3) is 5.91 Å². The Morgan fingerprint density at radius 1 is 1.33 bits per heavy atom. The summed E-state index contributed by atoms with van der Waals surface area (Å²) < 4.78 is 38.7. The van der Waals surface area contributed by atoms with Crippen LogP contribution < -0.4 is 10.1 Å². The zero-order valence-electron chi connectivity index (χ0n) is 15.7. The van der Waals surface area contributed by atoms with Gasteiger partial charge in [-0.05, 0) is 38.5 Å². The van der Waals surface area contributed by atoms with Crippen molar-refractivity contribution in [1.82, 2.24) is 5.32 Å². The van der Waals surface area contributed by atoms with Gasteiger partial charge in [-0.15, -0.1) is 0 Å². The van der Waals surface area contributed by atoms with Crippen molar-refractivity contribution in [1.29, 1.82) is 0 Å². The van der Waals surface area contributed by atoms with Gasteiger partial charge >= 0.3 is 5.97 Å². The lowest BCUT2D eigenvalue weighted by molar-refractivity contribution is -0.129. The summed E-state index contributed by atoms with van der Waals surface area (Å²) >= 11 is 0. The summed E-state index contributed by atoms with van der Waals surface area (Å²) in [6.45, 7) is 4.11. The van der Waals surface area contributed by atoms with Gasteiger partial charge in [0.05, 0.1) is 30.8 Å². The monoisotopic (exact) mass is 399 g/mol. The summed E-state index contributed by atoms with van der Waals surface area (Å²) in [6, 6.07) is 4.34. The van der Waals surface area contributed by atoms with Gasteiger partial charge in [-0.2, -0.15) is 0 Å². The molecule has 0 aliphatic carbocycles. The first-order valence-corrected chi connectivity index (χ1v) is 10.5. The summed E-state index contributed by atoms with van der Waals surface area (Å²) in [7, 11) is -1.57. The molecule has 2 rings (SSSR count). The van der Waals surface area contributed by atoms with Gasteiger partial charge in [-0.25, -0.2) is 13.2 Å². The van der Waals surface area contributed by atoms with Crippen molar-refractivity contribution in [2.75, 3.05) is 25.2 Å². The van der Waals surface area contributed by atoms with Gasteiger partial charge in [0.2, 0.25) is 0 Å². The van der Waals surface area contributed by atoms with E-state index in [1.165, 1.54) is 14.0 Å². The molecule has 1 amide bonds. The molecule has 0 radical (unpaired) electrons. The number of nitrogens with one attached hydrogen (secondary N) is 1. The first-order valence-electron chi connectivity index (χ1n) is 8.72. The van der Waals surface area contributed by atoms with Crippen molar-refractivity contribution in [2.24, 2.45) is 0 Å². The molecular formula is C18H25NO7S. The largest absolute Gasteiger partial charge is 0.496 e. The Bertz CT molecular complexity index is 791. The molecule has 27 heavy (non-hydrogen) atoms. The maximum Gasteiger partial charge on any atom is 0.338 e. The second-order valence-corrected chi connectivity index (χ2v) is 8.55. The van der Waals surface area contributed by atoms with Crippen LogP contribution in [0.3, 0.4) is 0 Å². The standard InChI is InChI=1S/C18H25NO7S/c1-4-25-10-14-9-13(5-6-16(14)24-3)18(21)26-12(2)17(20)19-15-7-8-27(22,23)11-15/h5-6,9,12,15H,4,7-8,10-11H2,1-3H3,(H,19,20)/t12-,15+/m1/s1. The van der Waals surface area contributed by atoms with E-state index in [2.05, 4.69) is 5.32 Å². The number of sulfone groups is 1. The van der Waals surface area contributed by atoms with Gasteiger partial charge in [0.15, 0.2) is 15.9 Å². The highest BCUT2D eigenvalue weighted by atomic mass is 32.2. The number of esters is 1. The van der Waals surface area contributed by atoms with E-state index in [1.54, 1.807) is 18.2 Å². The van der Waals surface area contributed by atoms with Crippen molar-refractivity contribution in [3.05, 3.63) is 29.3 Å². The van der Waals surface area contributed by atoms with E-state index in [-0.39, 0.29) is 23.7 Å². The molecule has 2 atom stereocenters. The maximum atomic E-state index is 12.3. The van der Waals surface area contributed by atoms with Crippen LogP contribution in [-0.2, 0) is 30.7 Å². The summed E-state index contributed by atoms with van der Waals surface area (Å²) in [5.41, 5.74) is 0.968. The number of carbonyl (C=O) groups excluding carboxylic acids is 2. The zero-order valence-corrected chi connectivity index (χ0v) is 16.5. The second kappa shape index (κ2) is 9.18. The Morgan fingerprint density at radius 2 is 2.07 bits per heavy atom. The molecule has 1 aliphatic rings. The number of methoxy groups -OCH3 is 1. The first kappa shape index (κ1) is 21.2. The van der Waals surface area contributed by atoms with Crippen LogP contribution in [0, 0.1) is 0 Å². The molecule has 9 heteroatoms. The van der Waals surface area contributed by atoms with Crippen molar-refractivity contribution in [2.45, 2.75) is 39.0 Å². The van der Waals surface area contributed by atoms with Crippen LogP contribution in [0.2, 0.25) is 0 Å². The minimum atomic E-state index is -3.10. The molecule has 0 bridgehead atoms. The van der Waals surface area contributed by atoms with Crippen LogP contribution in [-0.4, -0.2) is 57.7 Å². The van der Waals surface area contributed by atoms with Crippen molar-refractivity contribution < 1.29 is 32.2 Å². The van der Waals surface area contributed by atoms with Gasteiger partial charge < -0.3 is 19.5 Å². The van der Waals surface area contributed by atoms with E-state index in [1.807, 2.05) is 6.92 Å². The quantitative estimate of drug-likeness (QED) is 0.652. The van der Waals surface area contributed by atoms with E-state index in [9.17, 15) is 18.0 Å². The third-order valence-electron chi connectivity index (χ3n) is 4.21.